The minimum Gasteiger partial charge on any atom is -0.476 e. The SMILES string of the molecule is O=C(Cn1cc(C(=O)O)nn1)OCCCc1ccccc1. The van der Waals surface area contributed by atoms with Gasteiger partial charge in [-0.05, 0) is 18.4 Å². The van der Waals surface area contributed by atoms with Gasteiger partial charge < -0.3 is 9.84 Å². The molecule has 1 heterocycles. The number of ether oxygens (including phenoxy) is 1. The zero-order valence-electron chi connectivity index (χ0n) is 11.3. The molecule has 0 radical (unpaired) electrons. The van der Waals surface area contributed by atoms with Crippen molar-refractivity contribution in [1.29, 1.82) is 0 Å². The molecule has 21 heavy (non-hydrogen) atoms. The number of carboxylic acid groups (broad SMARTS) is 1. The standard InChI is InChI=1S/C14H15N3O4/c18-13(10-17-9-12(14(19)20)15-16-17)21-8-4-7-11-5-2-1-3-6-11/h1-3,5-6,9H,4,7-8,10H2,(H,19,20). The molecule has 110 valence electrons. The molecule has 0 saturated carbocycles. The first-order valence-electron chi connectivity index (χ1n) is 6.48. The minimum atomic E-state index is -1.18. The van der Waals surface area contributed by atoms with E-state index in [0.717, 1.165) is 17.5 Å². The molecular weight excluding hydrogens is 274 g/mol. The molecule has 0 spiro atoms. The lowest BCUT2D eigenvalue weighted by atomic mass is 10.1. The molecule has 2 aromatic rings. The summed E-state index contributed by atoms with van der Waals surface area (Å²) in [5.74, 6) is -1.65. The number of hydrogen-bond donors (Lipinski definition) is 1. The highest BCUT2D eigenvalue weighted by Crippen LogP contribution is 2.02. The molecule has 1 N–H and O–H groups in total. The molecule has 1 aromatic carbocycles. The van der Waals surface area contributed by atoms with Crippen molar-refractivity contribution < 1.29 is 19.4 Å². The Morgan fingerprint density at radius 1 is 1.24 bits per heavy atom. The van der Waals surface area contributed by atoms with E-state index in [-0.39, 0.29) is 12.2 Å². The Morgan fingerprint density at radius 3 is 2.67 bits per heavy atom. The van der Waals surface area contributed by atoms with Crippen LogP contribution in [0.15, 0.2) is 36.5 Å². The van der Waals surface area contributed by atoms with Crippen LogP contribution in [0.1, 0.15) is 22.5 Å². The van der Waals surface area contributed by atoms with E-state index in [9.17, 15) is 9.59 Å². The quantitative estimate of drug-likeness (QED) is 0.607. The van der Waals surface area contributed by atoms with E-state index in [0.29, 0.717) is 6.61 Å². The van der Waals surface area contributed by atoms with Gasteiger partial charge in [-0.25, -0.2) is 9.48 Å². The number of nitrogens with zero attached hydrogens (tertiary/aromatic N) is 3. The number of carboxylic acids is 1. The highest BCUT2D eigenvalue weighted by Gasteiger charge is 2.11. The van der Waals surface area contributed by atoms with Gasteiger partial charge in [-0.3, -0.25) is 4.79 Å². The van der Waals surface area contributed by atoms with Gasteiger partial charge in [0, 0.05) is 0 Å². The van der Waals surface area contributed by atoms with Gasteiger partial charge in [-0.15, -0.1) is 5.10 Å². The number of carbonyl (C=O) groups is 2. The molecular formula is C14H15N3O4. The average molecular weight is 289 g/mol. The smallest absolute Gasteiger partial charge is 0.358 e. The normalized spacial score (nSPS) is 10.3. The van der Waals surface area contributed by atoms with Crippen molar-refractivity contribution >= 4 is 11.9 Å². The Bertz CT molecular complexity index is 610. The van der Waals surface area contributed by atoms with Crippen molar-refractivity contribution in [3.05, 3.63) is 47.8 Å². The summed E-state index contributed by atoms with van der Waals surface area (Å²) in [4.78, 5) is 22.2. The second-order valence-electron chi connectivity index (χ2n) is 4.42. The molecule has 1 aromatic heterocycles. The van der Waals surface area contributed by atoms with Gasteiger partial charge in [0.15, 0.2) is 5.69 Å². The molecule has 0 atom stereocenters. The summed E-state index contributed by atoms with van der Waals surface area (Å²) in [5.41, 5.74) is 0.989. The van der Waals surface area contributed by atoms with Crippen molar-refractivity contribution in [1.82, 2.24) is 15.0 Å². The first kappa shape index (κ1) is 14.7. The van der Waals surface area contributed by atoms with E-state index in [1.807, 2.05) is 30.3 Å². The number of benzene rings is 1. The second-order valence-corrected chi connectivity index (χ2v) is 4.42. The monoisotopic (exact) mass is 289 g/mol. The highest BCUT2D eigenvalue weighted by molar-refractivity contribution is 5.84. The van der Waals surface area contributed by atoms with Gasteiger partial charge in [0.05, 0.1) is 12.8 Å². The molecule has 0 amide bonds. The van der Waals surface area contributed by atoms with Crippen LogP contribution in [-0.2, 0) is 22.5 Å². The molecule has 0 unspecified atom stereocenters. The molecule has 0 aliphatic heterocycles. The minimum absolute atomic E-state index is 0.147. The number of hydrogen-bond acceptors (Lipinski definition) is 5. The summed E-state index contributed by atoms with van der Waals surface area (Å²) >= 11 is 0. The van der Waals surface area contributed by atoms with Crippen LogP contribution in [0.2, 0.25) is 0 Å². The molecule has 0 bridgehead atoms. The van der Waals surface area contributed by atoms with Crippen molar-refractivity contribution in [3.8, 4) is 0 Å². The maximum atomic E-state index is 11.5. The van der Waals surface area contributed by atoms with E-state index in [1.165, 1.54) is 11.8 Å². The summed E-state index contributed by atoms with van der Waals surface area (Å²) in [7, 11) is 0. The second kappa shape index (κ2) is 7.18. The number of esters is 1. The van der Waals surface area contributed by atoms with Crippen molar-refractivity contribution in [3.63, 3.8) is 0 Å². The number of carbonyl (C=O) groups excluding carboxylic acids is 1. The third kappa shape index (κ3) is 4.72. The van der Waals surface area contributed by atoms with Gasteiger partial charge >= 0.3 is 11.9 Å². The predicted molar refractivity (Wildman–Crippen MR) is 72.7 cm³/mol. The summed E-state index contributed by atoms with van der Waals surface area (Å²) in [6, 6.07) is 9.92. The molecule has 0 saturated heterocycles. The van der Waals surface area contributed by atoms with E-state index in [4.69, 9.17) is 9.84 Å². The Kier molecular flexibility index (Phi) is 5.03. The van der Waals surface area contributed by atoms with Gasteiger partial charge in [-0.1, -0.05) is 35.5 Å². The summed E-state index contributed by atoms with van der Waals surface area (Å²) < 4.78 is 6.20. The molecule has 7 heteroatoms. The summed E-state index contributed by atoms with van der Waals surface area (Å²) in [6.45, 7) is 0.166. The van der Waals surface area contributed by atoms with Crippen LogP contribution in [-0.4, -0.2) is 38.6 Å². The molecule has 0 aliphatic rings. The topological polar surface area (TPSA) is 94.3 Å². The first-order valence-corrected chi connectivity index (χ1v) is 6.48. The van der Waals surface area contributed by atoms with Crippen LogP contribution in [0.25, 0.3) is 0 Å². The van der Waals surface area contributed by atoms with Crippen LogP contribution in [0.3, 0.4) is 0 Å². The summed E-state index contributed by atoms with van der Waals surface area (Å²) in [5, 5.41) is 15.6. The number of rotatable bonds is 7. The van der Waals surface area contributed by atoms with Crippen LogP contribution in [0.5, 0.6) is 0 Å². The lowest BCUT2D eigenvalue weighted by molar-refractivity contribution is -0.144. The Labute approximate surface area is 121 Å². The fourth-order valence-electron chi connectivity index (χ4n) is 1.76. The molecule has 2 rings (SSSR count). The third-order valence-corrected chi connectivity index (χ3v) is 2.76. The van der Waals surface area contributed by atoms with Crippen LogP contribution < -0.4 is 0 Å². The highest BCUT2D eigenvalue weighted by atomic mass is 16.5. The average Bonchev–Trinajstić information content (AvgIpc) is 2.93. The zero-order valence-corrected chi connectivity index (χ0v) is 11.3. The zero-order chi connectivity index (χ0) is 15.1. The Morgan fingerprint density at radius 2 is 2.00 bits per heavy atom. The fraction of sp³-hybridized carbons (Fsp3) is 0.286. The van der Waals surface area contributed by atoms with Crippen molar-refractivity contribution in [2.45, 2.75) is 19.4 Å². The van der Waals surface area contributed by atoms with Gasteiger partial charge in [-0.2, -0.15) is 0 Å². The van der Waals surface area contributed by atoms with Crippen LogP contribution >= 0.6 is 0 Å². The molecule has 0 aliphatic carbocycles. The number of aromatic nitrogens is 3. The predicted octanol–water partition coefficient (Wildman–Crippen LogP) is 1.15. The number of aryl methyl sites for hydroxylation is 1. The van der Waals surface area contributed by atoms with E-state index >= 15 is 0 Å². The Hall–Kier alpha value is -2.70. The van der Waals surface area contributed by atoms with Crippen LogP contribution in [0, 0.1) is 0 Å². The lowest BCUT2D eigenvalue weighted by Crippen LogP contribution is -2.15. The molecule has 0 fully saturated rings. The van der Waals surface area contributed by atoms with E-state index in [2.05, 4.69) is 10.3 Å². The first-order chi connectivity index (χ1) is 10.1. The van der Waals surface area contributed by atoms with Gasteiger partial charge in [0.25, 0.3) is 0 Å². The van der Waals surface area contributed by atoms with Gasteiger partial charge in [0.1, 0.15) is 6.54 Å². The maximum absolute atomic E-state index is 11.5. The summed E-state index contributed by atoms with van der Waals surface area (Å²) in [6.07, 6.45) is 2.75. The third-order valence-electron chi connectivity index (χ3n) is 2.76. The lowest BCUT2D eigenvalue weighted by Gasteiger charge is -2.04. The van der Waals surface area contributed by atoms with E-state index in [1.54, 1.807) is 0 Å². The largest absolute Gasteiger partial charge is 0.476 e. The van der Waals surface area contributed by atoms with Gasteiger partial charge in [0.2, 0.25) is 0 Å². The fourth-order valence-corrected chi connectivity index (χ4v) is 1.76. The van der Waals surface area contributed by atoms with E-state index < -0.39 is 11.9 Å². The Balaban J connectivity index is 1.68. The maximum Gasteiger partial charge on any atom is 0.358 e. The van der Waals surface area contributed by atoms with Crippen LogP contribution in [0.4, 0.5) is 0 Å². The van der Waals surface area contributed by atoms with Crippen molar-refractivity contribution in [2.75, 3.05) is 6.61 Å². The van der Waals surface area contributed by atoms with Crippen molar-refractivity contribution in [2.24, 2.45) is 0 Å². The molecule has 7 nitrogen and oxygen atoms in total. The number of aromatic carboxylic acids is 1.